The lowest BCUT2D eigenvalue weighted by molar-refractivity contribution is 0.0931. The predicted molar refractivity (Wildman–Crippen MR) is 127 cm³/mol. The SMILES string of the molecule is CCC(C)NC(=O)c1ccc(-c2ccc(N(C)C(=O)N(C)C3CCC(O)CC3)c(F)c2)cn1. The van der Waals surface area contributed by atoms with Crippen molar-refractivity contribution >= 4 is 17.6 Å². The number of nitrogens with zero attached hydrogens (tertiary/aromatic N) is 3. The highest BCUT2D eigenvalue weighted by molar-refractivity contribution is 5.93. The van der Waals surface area contributed by atoms with Crippen LogP contribution in [-0.4, -0.2) is 59.2 Å². The number of nitrogens with one attached hydrogen (secondary N) is 1. The molecule has 33 heavy (non-hydrogen) atoms. The van der Waals surface area contributed by atoms with Gasteiger partial charge in [-0.1, -0.05) is 19.1 Å². The number of rotatable bonds is 6. The van der Waals surface area contributed by atoms with E-state index < -0.39 is 5.82 Å². The highest BCUT2D eigenvalue weighted by atomic mass is 19.1. The van der Waals surface area contributed by atoms with Crippen LogP contribution in [0.4, 0.5) is 14.9 Å². The van der Waals surface area contributed by atoms with E-state index in [2.05, 4.69) is 10.3 Å². The molecule has 3 amide bonds. The first-order valence-corrected chi connectivity index (χ1v) is 11.5. The molecule has 1 fully saturated rings. The van der Waals surface area contributed by atoms with Crippen molar-refractivity contribution in [3.05, 3.63) is 48.0 Å². The molecule has 2 N–H and O–H groups in total. The minimum atomic E-state index is -0.519. The van der Waals surface area contributed by atoms with Crippen LogP contribution in [0.1, 0.15) is 56.4 Å². The standard InChI is InChI=1S/C25H33FN4O3/c1-5-16(2)28-24(32)22-12-6-18(15-27-22)17-7-13-23(21(26)14-17)30(4)25(33)29(3)19-8-10-20(31)11-9-19/h6-7,12-16,19-20,31H,5,8-11H2,1-4H3,(H,28,32). The van der Waals surface area contributed by atoms with Gasteiger partial charge < -0.3 is 15.3 Å². The summed E-state index contributed by atoms with van der Waals surface area (Å²) in [6.45, 7) is 3.92. The van der Waals surface area contributed by atoms with Crippen molar-refractivity contribution < 1.29 is 19.1 Å². The monoisotopic (exact) mass is 456 g/mol. The average Bonchev–Trinajstić information content (AvgIpc) is 2.83. The lowest BCUT2D eigenvalue weighted by Crippen LogP contribution is -2.46. The summed E-state index contributed by atoms with van der Waals surface area (Å²) in [6, 6.07) is 7.82. The number of aliphatic hydroxyl groups is 1. The van der Waals surface area contributed by atoms with Crippen LogP contribution in [0.25, 0.3) is 11.1 Å². The summed E-state index contributed by atoms with van der Waals surface area (Å²) in [5, 5.41) is 12.6. The molecule has 0 spiro atoms. The zero-order chi connectivity index (χ0) is 24.1. The van der Waals surface area contributed by atoms with Crippen molar-refractivity contribution in [1.82, 2.24) is 15.2 Å². The summed E-state index contributed by atoms with van der Waals surface area (Å²) in [5.74, 6) is -0.761. The van der Waals surface area contributed by atoms with Gasteiger partial charge in [-0.05, 0) is 62.8 Å². The number of aliphatic hydroxyl groups excluding tert-OH is 1. The van der Waals surface area contributed by atoms with Gasteiger partial charge in [-0.15, -0.1) is 0 Å². The van der Waals surface area contributed by atoms with E-state index in [0.29, 0.717) is 29.7 Å². The Morgan fingerprint density at radius 3 is 2.39 bits per heavy atom. The van der Waals surface area contributed by atoms with E-state index in [0.717, 1.165) is 19.3 Å². The number of hydrogen-bond acceptors (Lipinski definition) is 4. The molecular weight excluding hydrogens is 423 g/mol. The van der Waals surface area contributed by atoms with E-state index in [1.807, 2.05) is 13.8 Å². The van der Waals surface area contributed by atoms with Gasteiger partial charge in [0.1, 0.15) is 11.5 Å². The molecule has 0 aliphatic heterocycles. The molecule has 1 saturated carbocycles. The zero-order valence-corrected chi connectivity index (χ0v) is 19.7. The zero-order valence-electron chi connectivity index (χ0n) is 19.7. The van der Waals surface area contributed by atoms with Crippen LogP contribution in [0.2, 0.25) is 0 Å². The molecule has 1 unspecified atom stereocenters. The van der Waals surface area contributed by atoms with E-state index in [1.54, 1.807) is 49.5 Å². The second-order valence-electron chi connectivity index (χ2n) is 8.80. The van der Waals surface area contributed by atoms with Crippen LogP contribution in [-0.2, 0) is 0 Å². The van der Waals surface area contributed by atoms with Crippen molar-refractivity contribution in [2.75, 3.05) is 19.0 Å². The summed E-state index contributed by atoms with van der Waals surface area (Å²) in [5.41, 5.74) is 1.77. The highest BCUT2D eigenvalue weighted by Crippen LogP contribution is 2.28. The predicted octanol–water partition coefficient (Wildman–Crippen LogP) is 4.21. The smallest absolute Gasteiger partial charge is 0.324 e. The Kier molecular flexibility index (Phi) is 8.02. The minimum absolute atomic E-state index is 0.0350. The first-order valence-electron chi connectivity index (χ1n) is 11.5. The molecule has 2 aromatic rings. The number of halogens is 1. The normalized spacial score (nSPS) is 19.0. The molecule has 1 heterocycles. The third kappa shape index (κ3) is 5.87. The number of anilines is 1. The number of carbonyl (C=O) groups is 2. The Morgan fingerprint density at radius 2 is 1.82 bits per heavy atom. The van der Waals surface area contributed by atoms with E-state index in [-0.39, 0.29) is 35.8 Å². The van der Waals surface area contributed by atoms with Gasteiger partial charge in [0.25, 0.3) is 5.91 Å². The number of aromatic nitrogens is 1. The van der Waals surface area contributed by atoms with Crippen molar-refractivity contribution in [2.24, 2.45) is 0 Å². The molecule has 0 radical (unpaired) electrons. The fourth-order valence-electron chi connectivity index (χ4n) is 4.00. The fraction of sp³-hybridized carbons (Fsp3) is 0.480. The first-order chi connectivity index (χ1) is 15.7. The maximum atomic E-state index is 15.0. The third-order valence-corrected chi connectivity index (χ3v) is 6.43. The Bertz CT molecular complexity index is 974. The number of hydrogen-bond donors (Lipinski definition) is 2. The van der Waals surface area contributed by atoms with Crippen molar-refractivity contribution in [1.29, 1.82) is 0 Å². The summed E-state index contributed by atoms with van der Waals surface area (Å²) in [7, 11) is 3.28. The van der Waals surface area contributed by atoms with Gasteiger partial charge >= 0.3 is 6.03 Å². The molecule has 178 valence electrons. The number of urea groups is 1. The number of carbonyl (C=O) groups excluding carboxylic acids is 2. The number of amides is 3. The highest BCUT2D eigenvalue weighted by Gasteiger charge is 2.28. The maximum Gasteiger partial charge on any atom is 0.324 e. The summed E-state index contributed by atoms with van der Waals surface area (Å²) < 4.78 is 15.0. The van der Waals surface area contributed by atoms with Crippen LogP contribution in [0.15, 0.2) is 36.5 Å². The van der Waals surface area contributed by atoms with Gasteiger partial charge in [0, 0.05) is 37.9 Å². The second kappa shape index (κ2) is 10.7. The Labute approximate surface area is 194 Å². The quantitative estimate of drug-likeness (QED) is 0.682. The van der Waals surface area contributed by atoms with Crippen molar-refractivity contribution in [2.45, 2.75) is 64.1 Å². The van der Waals surface area contributed by atoms with E-state index in [4.69, 9.17) is 0 Å². The summed E-state index contributed by atoms with van der Waals surface area (Å²) >= 11 is 0. The van der Waals surface area contributed by atoms with E-state index in [1.165, 1.54) is 11.0 Å². The van der Waals surface area contributed by atoms with Gasteiger partial charge in [0.15, 0.2) is 0 Å². The van der Waals surface area contributed by atoms with Crippen LogP contribution in [0.3, 0.4) is 0 Å². The second-order valence-corrected chi connectivity index (χ2v) is 8.80. The molecule has 0 saturated heterocycles. The Balaban J connectivity index is 1.70. The van der Waals surface area contributed by atoms with Gasteiger partial charge in [-0.2, -0.15) is 0 Å². The molecule has 3 rings (SSSR count). The van der Waals surface area contributed by atoms with Crippen LogP contribution in [0.5, 0.6) is 0 Å². The van der Waals surface area contributed by atoms with Crippen molar-refractivity contribution in [3.63, 3.8) is 0 Å². The lowest BCUT2D eigenvalue weighted by atomic mass is 9.92. The molecule has 8 heteroatoms. The van der Waals surface area contributed by atoms with Crippen LogP contribution < -0.4 is 10.2 Å². The molecule has 0 bridgehead atoms. The molecule has 7 nitrogen and oxygen atoms in total. The van der Waals surface area contributed by atoms with Gasteiger partial charge in [-0.25, -0.2) is 9.18 Å². The minimum Gasteiger partial charge on any atom is -0.393 e. The molecule has 1 aromatic carbocycles. The molecular formula is C25H33FN4O3. The summed E-state index contributed by atoms with van der Waals surface area (Å²) in [6.07, 6.45) is 4.87. The van der Waals surface area contributed by atoms with Gasteiger partial charge in [-0.3, -0.25) is 14.7 Å². The third-order valence-electron chi connectivity index (χ3n) is 6.43. The fourth-order valence-corrected chi connectivity index (χ4v) is 4.00. The molecule has 1 aromatic heterocycles. The van der Waals surface area contributed by atoms with E-state index in [9.17, 15) is 19.1 Å². The largest absolute Gasteiger partial charge is 0.393 e. The topological polar surface area (TPSA) is 85.8 Å². The summed E-state index contributed by atoms with van der Waals surface area (Å²) in [4.78, 5) is 32.3. The maximum absolute atomic E-state index is 15.0. The van der Waals surface area contributed by atoms with Gasteiger partial charge in [0.05, 0.1) is 11.8 Å². The van der Waals surface area contributed by atoms with Crippen LogP contribution >= 0.6 is 0 Å². The number of pyridine rings is 1. The first kappa shape index (κ1) is 24.6. The van der Waals surface area contributed by atoms with Gasteiger partial charge in [0.2, 0.25) is 0 Å². The molecule has 1 aliphatic rings. The Morgan fingerprint density at radius 1 is 1.15 bits per heavy atom. The Hall–Kier alpha value is -3.00. The lowest BCUT2D eigenvalue weighted by Gasteiger charge is -2.35. The number of benzene rings is 1. The average molecular weight is 457 g/mol. The van der Waals surface area contributed by atoms with E-state index >= 15 is 0 Å². The van der Waals surface area contributed by atoms with Crippen molar-refractivity contribution in [3.8, 4) is 11.1 Å². The molecule has 1 atom stereocenters. The molecule has 1 aliphatic carbocycles. The van der Waals surface area contributed by atoms with Crippen LogP contribution in [0, 0.1) is 5.82 Å².